The van der Waals surface area contributed by atoms with Crippen LogP contribution in [0.4, 0.5) is 11.5 Å². The standard InChI is InChI=1S/C18H22N6S/c1-24(25-2)18-12(4-3-7-21-18)10-22-15-6-9-20-17-16(15)13-11-19-8-5-14(13)23-17/h3-4,6-7,9,19H,5,8,10-11H2,1-2H3,(H2,20,22,23). The molecule has 3 aromatic heterocycles. The van der Waals surface area contributed by atoms with Crippen LogP contribution in [0.25, 0.3) is 11.0 Å². The van der Waals surface area contributed by atoms with Crippen molar-refractivity contribution in [2.75, 3.05) is 29.5 Å². The molecule has 0 aliphatic carbocycles. The number of hydrogen-bond acceptors (Lipinski definition) is 6. The fourth-order valence-electron chi connectivity index (χ4n) is 3.34. The molecule has 7 heteroatoms. The Morgan fingerprint density at radius 1 is 1.28 bits per heavy atom. The maximum atomic E-state index is 4.52. The number of hydrogen-bond donors (Lipinski definition) is 3. The van der Waals surface area contributed by atoms with Crippen LogP contribution in [0.2, 0.25) is 0 Å². The fourth-order valence-corrected chi connectivity index (χ4v) is 3.68. The first-order valence-electron chi connectivity index (χ1n) is 8.42. The van der Waals surface area contributed by atoms with Crippen LogP contribution in [0.1, 0.15) is 16.8 Å². The quantitative estimate of drug-likeness (QED) is 0.612. The second-order valence-corrected chi connectivity index (χ2v) is 7.02. The van der Waals surface area contributed by atoms with Crippen LogP contribution in [0.5, 0.6) is 0 Å². The van der Waals surface area contributed by atoms with Gasteiger partial charge in [0.25, 0.3) is 0 Å². The third-order valence-electron chi connectivity index (χ3n) is 4.65. The van der Waals surface area contributed by atoms with Crippen molar-refractivity contribution in [2.24, 2.45) is 0 Å². The van der Waals surface area contributed by atoms with Crippen LogP contribution in [-0.4, -0.2) is 34.8 Å². The summed E-state index contributed by atoms with van der Waals surface area (Å²) in [5, 5.41) is 8.25. The van der Waals surface area contributed by atoms with Crippen molar-refractivity contribution in [1.82, 2.24) is 20.3 Å². The Morgan fingerprint density at radius 2 is 2.20 bits per heavy atom. The van der Waals surface area contributed by atoms with E-state index in [2.05, 4.69) is 48.3 Å². The van der Waals surface area contributed by atoms with Gasteiger partial charge in [-0.05, 0) is 17.7 Å². The number of anilines is 2. The van der Waals surface area contributed by atoms with Crippen LogP contribution in [0, 0.1) is 0 Å². The number of fused-ring (bicyclic) bond motifs is 3. The summed E-state index contributed by atoms with van der Waals surface area (Å²) in [5.74, 6) is 0.991. The van der Waals surface area contributed by atoms with Crippen molar-refractivity contribution in [1.29, 1.82) is 0 Å². The lowest BCUT2D eigenvalue weighted by atomic mass is 10.1. The molecule has 25 heavy (non-hydrogen) atoms. The number of pyridine rings is 2. The van der Waals surface area contributed by atoms with Gasteiger partial charge < -0.3 is 19.9 Å². The SMILES string of the molecule is CSN(C)c1ncccc1CNc1ccnc2[nH]c3c(c12)CNCC3. The Labute approximate surface area is 151 Å². The molecule has 130 valence electrons. The molecule has 0 amide bonds. The molecular formula is C18H22N6S. The zero-order chi connectivity index (χ0) is 17.2. The maximum absolute atomic E-state index is 4.52. The predicted octanol–water partition coefficient (Wildman–Crippen LogP) is 2.93. The lowest BCUT2D eigenvalue weighted by Crippen LogP contribution is -2.23. The molecule has 0 spiro atoms. The topological polar surface area (TPSA) is 68.9 Å². The Bertz CT molecular complexity index is 890. The number of rotatable bonds is 5. The molecule has 1 aliphatic heterocycles. The van der Waals surface area contributed by atoms with Crippen LogP contribution < -0.4 is 14.9 Å². The van der Waals surface area contributed by atoms with Crippen molar-refractivity contribution in [3.63, 3.8) is 0 Å². The summed E-state index contributed by atoms with van der Waals surface area (Å²) in [6.45, 7) is 2.63. The molecule has 0 fully saturated rings. The van der Waals surface area contributed by atoms with Gasteiger partial charge in [-0.25, -0.2) is 9.97 Å². The van der Waals surface area contributed by atoms with E-state index in [1.165, 1.54) is 22.2 Å². The molecule has 0 radical (unpaired) electrons. The van der Waals surface area contributed by atoms with E-state index in [-0.39, 0.29) is 0 Å². The summed E-state index contributed by atoms with van der Waals surface area (Å²) < 4.78 is 2.08. The molecule has 3 aromatic rings. The first kappa shape index (κ1) is 16.2. The highest BCUT2D eigenvalue weighted by Crippen LogP contribution is 2.30. The van der Waals surface area contributed by atoms with E-state index in [0.717, 1.165) is 43.2 Å². The largest absolute Gasteiger partial charge is 0.380 e. The lowest BCUT2D eigenvalue weighted by Gasteiger charge is -2.19. The summed E-state index contributed by atoms with van der Waals surface area (Å²) in [5.41, 5.74) is 5.90. The highest BCUT2D eigenvalue weighted by Gasteiger charge is 2.18. The molecule has 6 nitrogen and oxygen atoms in total. The first-order valence-corrected chi connectivity index (χ1v) is 9.61. The third-order valence-corrected chi connectivity index (χ3v) is 5.37. The van der Waals surface area contributed by atoms with Crippen molar-refractivity contribution in [3.8, 4) is 0 Å². The molecule has 3 N–H and O–H groups in total. The van der Waals surface area contributed by atoms with E-state index < -0.39 is 0 Å². The van der Waals surface area contributed by atoms with Crippen LogP contribution >= 0.6 is 11.9 Å². The van der Waals surface area contributed by atoms with Gasteiger partial charge >= 0.3 is 0 Å². The molecule has 0 saturated heterocycles. The zero-order valence-corrected chi connectivity index (χ0v) is 15.3. The van der Waals surface area contributed by atoms with E-state index in [0.29, 0.717) is 0 Å². The molecule has 0 saturated carbocycles. The zero-order valence-electron chi connectivity index (χ0n) is 14.5. The second kappa shape index (κ2) is 6.93. The minimum Gasteiger partial charge on any atom is -0.380 e. The summed E-state index contributed by atoms with van der Waals surface area (Å²) in [7, 11) is 2.04. The first-order chi connectivity index (χ1) is 12.3. The third kappa shape index (κ3) is 3.05. The molecule has 0 bridgehead atoms. The number of aromatic amines is 1. The smallest absolute Gasteiger partial charge is 0.143 e. The second-order valence-electron chi connectivity index (χ2n) is 6.11. The van der Waals surface area contributed by atoms with Gasteiger partial charge in [0.15, 0.2) is 0 Å². The minimum absolute atomic E-state index is 0.723. The highest BCUT2D eigenvalue weighted by atomic mass is 32.2. The summed E-state index contributed by atoms with van der Waals surface area (Å²) >= 11 is 1.66. The number of nitrogens with zero attached hydrogens (tertiary/aromatic N) is 3. The van der Waals surface area contributed by atoms with Crippen LogP contribution in [0.3, 0.4) is 0 Å². The van der Waals surface area contributed by atoms with Crippen molar-refractivity contribution in [3.05, 3.63) is 47.4 Å². The Balaban J connectivity index is 1.65. The van der Waals surface area contributed by atoms with E-state index in [4.69, 9.17) is 0 Å². The normalized spacial score (nSPS) is 13.7. The Hall–Kier alpha value is -2.25. The molecule has 4 heterocycles. The van der Waals surface area contributed by atoms with Crippen LogP contribution in [0.15, 0.2) is 30.6 Å². The minimum atomic E-state index is 0.723. The molecular weight excluding hydrogens is 332 g/mol. The molecule has 0 unspecified atom stereocenters. The molecule has 4 rings (SSSR count). The van der Waals surface area contributed by atoms with Crippen molar-refractivity contribution >= 4 is 34.5 Å². The van der Waals surface area contributed by atoms with Crippen LogP contribution in [-0.2, 0) is 19.5 Å². The number of H-pyrrole nitrogens is 1. The average molecular weight is 354 g/mol. The van der Waals surface area contributed by atoms with Gasteiger partial charge in [-0.1, -0.05) is 18.0 Å². The van der Waals surface area contributed by atoms with Crippen molar-refractivity contribution < 1.29 is 0 Å². The van der Waals surface area contributed by atoms with Gasteiger partial charge in [0.05, 0.1) is 0 Å². The van der Waals surface area contributed by atoms with E-state index >= 15 is 0 Å². The molecule has 1 aliphatic rings. The van der Waals surface area contributed by atoms with Gasteiger partial charge in [-0.3, -0.25) is 0 Å². The van der Waals surface area contributed by atoms with Gasteiger partial charge in [0.1, 0.15) is 11.5 Å². The van der Waals surface area contributed by atoms with E-state index in [1.807, 2.05) is 25.5 Å². The summed E-state index contributed by atoms with van der Waals surface area (Å²) in [6.07, 6.45) is 6.77. The number of nitrogens with one attached hydrogen (secondary N) is 3. The monoisotopic (exact) mass is 354 g/mol. The lowest BCUT2D eigenvalue weighted by molar-refractivity contribution is 0.641. The summed E-state index contributed by atoms with van der Waals surface area (Å²) in [6, 6.07) is 6.16. The van der Waals surface area contributed by atoms with Crippen molar-refractivity contribution in [2.45, 2.75) is 19.5 Å². The highest BCUT2D eigenvalue weighted by molar-refractivity contribution is 7.99. The average Bonchev–Trinajstić information content (AvgIpc) is 3.05. The molecule has 0 aromatic carbocycles. The summed E-state index contributed by atoms with van der Waals surface area (Å²) in [4.78, 5) is 12.5. The Kier molecular flexibility index (Phi) is 4.50. The Morgan fingerprint density at radius 3 is 3.08 bits per heavy atom. The van der Waals surface area contributed by atoms with Gasteiger partial charge in [0, 0.05) is 74.1 Å². The van der Waals surface area contributed by atoms with E-state index in [1.54, 1.807) is 11.9 Å². The molecule has 0 atom stereocenters. The van der Waals surface area contributed by atoms with Gasteiger partial charge in [-0.2, -0.15) is 0 Å². The van der Waals surface area contributed by atoms with Gasteiger partial charge in [-0.15, -0.1) is 0 Å². The fraction of sp³-hybridized carbons (Fsp3) is 0.333. The maximum Gasteiger partial charge on any atom is 0.143 e. The van der Waals surface area contributed by atoms with Gasteiger partial charge in [0.2, 0.25) is 0 Å². The predicted molar refractivity (Wildman–Crippen MR) is 105 cm³/mol. The van der Waals surface area contributed by atoms with E-state index in [9.17, 15) is 0 Å². The number of aromatic nitrogens is 3.